The van der Waals surface area contributed by atoms with Crippen LogP contribution in [0.3, 0.4) is 0 Å². The maximum atomic E-state index is 12.2. The molecule has 20 heavy (non-hydrogen) atoms. The Hall–Kier alpha value is -2.08. The van der Waals surface area contributed by atoms with Crippen LogP contribution in [-0.4, -0.2) is 25.6 Å². The summed E-state index contributed by atoms with van der Waals surface area (Å²) < 4.78 is 5.27. The summed E-state index contributed by atoms with van der Waals surface area (Å²) >= 11 is 0. The summed E-state index contributed by atoms with van der Waals surface area (Å²) in [5.41, 5.74) is 7.07. The number of nitrogens with two attached hydrogens (primary N) is 1. The maximum Gasteiger partial charge on any atom is 0.322 e. The van der Waals surface area contributed by atoms with Crippen LogP contribution in [0.15, 0.2) is 12.1 Å². The van der Waals surface area contributed by atoms with Gasteiger partial charge in [0.2, 0.25) is 0 Å². The van der Waals surface area contributed by atoms with Gasteiger partial charge in [0, 0.05) is 0 Å². The quantitative estimate of drug-likeness (QED) is 0.706. The van der Waals surface area contributed by atoms with E-state index in [9.17, 15) is 9.59 Å². The lowest BCUT2D eigenvalue weighted by molar-refractivity contribution is -0.124. The van der Waals surface area contributed by atoms with Gasteiger partial charge in [0.05, 0.1) is 7.11 Å². The Kier molecular flexibility index (Phi) is 3.67. The van der Waals surface area contributed by atoms with Crippen LogP contribution in [-0.2, 0) is 10.3 Å². The first-order valence-electron chi connectivity index (χ1n) is 6.44. The second-order valence-corrected chi connectivity index (χ2v) is 4.99. The summed E-state index contributed by atoms with van der Waals surface area (Å²) in [5.74, 6) is 0.388. The monoisotopic (exact) mass is 277 g/mol. The average Bonchev–Trinajstić information content (AvgIpc) is 2.67. The normalized spacial score (nSPS) is 21.6. The van der Waals surface area contributed by atoms with Crippen molar-refractivity contribution in [2.75, 3.05) is 13.7 Å². The Balaban J connectivity index is 2.59. The highest BCUT2D eigenvalue weighted by Gasteiger charge is 2.47. The Morgan fingerprint density at radius 3 is 2.45 bits per heavy atom. The summed E-state index contributed by atoms with van der Waals surface area (Å²) in [6.07, 6.45) is 0.344. The molecule has 1 unspecified atom stereocenters. The fourth-order valence-corrected chi connectivity index (χ4v) is 2.68. The Morgan fingerprint density at radius 1 is 1.25 bits per heavy atom. The highest BCUT2D eigenvalue weighted by atomic mass is 16.5. The summed E-state index contributed by atoms with van der Waals surface area (Å²) in [6.45, 7) is 4.07. The molecular formula is C14H19N3O3. The number of methoxy groups -OCH3 is 1. The van der Waals surface area contributed by atoms with Crippen molar-refractivity contribution in [2.45, 2.75) is 25.8 Å². The molecule has 1 aromatic rings. The number of ether oxygens (including phenoxy) is 1. The van der Waals surface area contributed by atoms with Crippen molar-refractivity contribution in [1.82, 2.24) is 10.6 Å². The molecule has 1 saturated heterocycles. The molecule has 0 spiro atoms. The van der Waals surface area contributed by atoms with Crippen LogP contribution in [0.25, 0.3) is 0 Å². The summed E-state index contributed by atoms with van der Waals surface area (Å²) in [7, 11) is 1.60. The largest absolute Gasteiger partial charge is 0.496 e. The lowest BCUT2D eigenvalue weighted by Gasteiger charge is -2.28. The molecule has 0 bridgehead atoms. The van der Waals surface area contributed by atoms with E-state index in [1.54, 1.807) is 7.11 Å². The molecule has 1 fully saturated rings. The fourth-order valence-electron chi connectivity index (χ4n) is 2.68. The molecule has 6 nitrogen and oxygen atoms in total. The first-order valence-corrected chi connectivity index (χ1v) is 6.44. The summed E-state index contributed by atoms with van der Waals surface area (Å²) in [5, 5.41) is 5.01. The fraction of sp³-hybridized carbons (Fsp3) is 0.429. The van der Waals surface area contributed by atoms with Crippen molar-refractivity contribution >= 4 is 11.9 Å². The molecule has 0 saturated carbocycles. The molecule has 0 radical (unpaired) electrons. The van der Waals surface area contributed by atoms with Crippen molar-refractivity contribution in [2.24, 2.45) is 5.73 Å². The van der Waals surface area contributed by atoms with E-state index >= 15 is 0 Å². The summed E-state index contributed by atoms with van der Waals surface area (Å²) in [6, 6.07) is 3.24. The van der Waals surface area contributed by atoms with E-state index in [0.717, 1.165) is 22.4 Å². The van der Waals surface area contributed by atoms with E-state index in [-0.39, 0.29) is 12.5 Å². The zero-order valence-electron chi connectivity index (χ0n) is 11.9. The number of urea groups is 1. The third-order valence-corrected chi connectivity index (χ3v) is 3.66. The molecule has 0 aliphatic carbocycles. The predicted octanol–water partition coefficient (Wildman–Crippen LogP) is 0.696. The van der Waals surface area contributed by atoms with Gasteiger partial charge >= 0.3 is 6.03 Å². The number of rotatable bonds is 4. The second-order valence-electron chi connectivity index (χ2n) is 4.99. The lowest BCUT2D eigenvalue weighted by Crippen LogP contribution is -2.46. The molecule has 4 N–H and O–H groups in total. The van der Waals surface area contributed by atoms with Crippen LogP contribution in [0.5, 0.6) is 5.75 Å². The van der Waals surface area contributed by atoms with Gasteiger partial charge in [-0.15, -0.1) is 0 Å². The minimum absolute atomic E-state index is 0.290. The van der Waals surface area contributed by atoms with Crippen LogP contribution >= 0.6 is 0 Å². The zero-order valence-corrected chi connectivity index (χ0v) is 11.9. The maximum absolute atomic E-state index is 12.2. The number of nitrogens with one attached hydrogen (secondary N) is 2. The highest BCUT2D eigenvalue weighted by Crippen LogP contribution is 2.34. The van der Waals surface area contributed by atoms with Crippen molar-refractivity contribution in [3.63, 3.8) is 0 Å². The van der Waals surface area contributed by atoms with Gasteiger partial charge in [0.25, 0.3) is 5.91 Å². The smallest absolute Gasteiger partial charge is 0.322 e. The SMILES string of the molecule is COc1cc(C)c(C2(CCN)NC(=O)NC2=O)cc1C. The van der Waals surface area contributed by atoms with Crippen LogP contribution in [0, 0.1) is 13.8 Å². The van der Waals surface area contributed by atoms with Crippen molar-refractivity contribution in [3.05, 3.63) is 28.8 Å². The van der Waals surface area contributed by atoms with Crippen molar-refractivity contribution in [3.8, 4) is 5.75 Å². The van der Waals surface area contributed by atoms with Gasteiger partial charge in [-0.05, 0) is 55.6 Å². The van der Waals surface area contributed by atoms with E-state index in [1.165, 1.54) is 0 Å². The molecule has 1 aromatic carbocycles. The van der Waals surface area contributed by atoms with Crippen LogP contribution in [0.4, 0.5) is 4.79 Å². The van der Waals surface area contributed by atoms with Crippen molar-refractivity contribution in [1.29, 1.82) is 0 Å². The summed E-state index contributed by atoms with van der Waals surface area (Å²) in [4.78, 5) is 23.8. The van der Waals surface area contributed by atoms with Crippen molar-refractivity contribution < 1.29 is 14.3 Å². The van der Waals surface area contributed by atoms with E-state index < -0.39 is 11.6 Å². The average molecular weight is 277 g/mol. The topological polar surface area (TPSA) is 93.4 Å². The molecule has 1 heterocycles. The lowest BCUT2D eigenvalue weighted by atomic mass is 9.83. The Morgan fingerprint density at radius 2 is 1.95 bits per heavy atom. The number of aryl methyl sites for hydroxylation is 2. The first-order chi connectivity index (χ1) is 9.44. The number of carbonyl (C=O) groups is 2. The van der Waals surface area contributed by atoms with E-state index in [1.807, 2.05) is 26.0 Å². The highest BCUT2D eigenvalue weighted by molar-refractivity contribution is 6.07. The van der Waals surface area contributed by atoms with Gasteiger partial charge in [-0.1, -0.05) is 0 Å². The van der Waals surface area contributed by atoms with Crippen LogP contribution in [0.2, 0.25) is 0 Å². The number of imide groups is 1. The number of hydrogen-bond donors (Lipinski definition) is 3. The number of carbonyl (C=O) groups excluding carboxylic acids is 2. The van der Waals surface area contributed by atoms with E-state index in [0.29, 0.717) is 6.42 Å². The number of hydrogen-bond acceptors (Lipinski definition) is 4. The van der Waals surface area contributed by atoms with Gasteiger partial charge in [0.15, 0.2) is 0 Å². The minimum atomic E-state index is -1.09. The van der Waals surface area contributed by atoms with Crippen LogP contribution in [0.1, 0.15) is 23.1 Å². The Bertz CT molecular complexity index is 571. The number of amides is 3. The van der Waals surface area contributed by atoms with Gasteiger partial charge in [0.1, 0.15) is 11.3 Å². The standard InChI is InChI=1S/C14H19N3O3/c1-8-7-11(20-3)9(2)6-10(8)14(4-5-15)12(18)16-13(19)17-14/h6-7H,4-5,15H2,1-3H3,(H2,16,17,18,19). The number of benzene rings is 1. The van der Waals surface area contributed by atoms with Crippen LogP contribution < -0.4 is 21.1 Å². The molecule has 6 heteroatoms. The molecule has 3 amide bonds. The minimum Gasteiger partial charge on any atom is -0.496 e. The Labute approximate surface area is 117 Å². The third kappa shape index (κ3) is 2.12. The second kappa shape index (κ2) is 5.13. The van der Waals surface area contributed by atoms with Gasteiger partial charge in [-0.25, -0.2) is 4.79 Å². The van der Waals surface area contributed by atoms with Gasteiger partial charge in [-0.2, -0.15) is 0 Å². The van der Waals surface area contributed by atoms with E-state index in [2.05, 4.69) is 10.6 Å². The van der Waals surface area contributed by atoms with Gasteiger partial charge < -0.3 is 15.8 Å². The molecule has 1 aliphatic heterocycles. The molecule has 0 aromatic heterocycles. The van der Waals surface area contributed by atoms with E-state index in [4.69, 9.17) is 10.5 Å². The molecular weight excluding hydrogens is 258 g/mol. The molecule has 108 valence electrons. The molecule has 2 rings (SSSR count). The molecule has 1 aliphatic rings. The zero-order chi connectivity index (χ0) is 14.9. The predicted molar refractivity (Wildman–Crippen MR) is 74.5 cm³/mol. The van der Waals surface area contributed by atoms with Gasteiger partial charge in [-0.3, -0.25) is 10.1 Å². The molecule has 1 atom stereocenters. The first kappa shape index (κ1) is 14.3. The third-order valence-electron chi connectivity index (χ3n) is 3.66.